The molecule has 1 amide bonds. The van der Waals surface area contributed by atoms with Crippen molar-refractivity contribution in [2.24, 2.45) is 0 Å². The SMILES string of the molecule is CCCC(=O)C1=C(O)C(=O)N(c2ccc3[nH]cnc3c2)C1c1ccc(C)o1. The van der Waals surface area contributed by atoms with E-state index in [1.54, 1.807) is 43.6 Å². The van der Waals surface area contributed by atoms with Crippen LogP contribution in [0.15, 0.2) is 52.4 Å². The second kappa shape index (κ2) is 6.42. The summed E-state index contributed by atoms with van der Waals surface area (Å²) in [5.41, 5.74) is 2.13. The van der Waals surface area contributed by atoms with Crippen LogP contribution in [0.25, 0.3) is 11.0 Å². The lowest BCUT2D eigenvalue weighted by atomic mass is 9.98. The Morgan fingerprint density at radius 2 is 2.15 bits per heavy atom. The van der Waals surface area contributed by atoms with Gasteiger partial charge >= 0.3 is 0 Å². The number of benzene rings is 1. The number of hydrogen-bond acceptors (Lipinski definition) is 5. The van der Waals surface area contributed by atoms with Crippen LogP contribution in [-0.4, -0.2) is 26.8 Å². The molecule has 1 aliphatic rings. The Balaban J connectivity index is 1.86. The molecular formula is C20H19N3O4. The lowest BCUT2D eigenvalue weighted by Crippen LogP contribution is -2.30. The number of imidazole rings is 1. The summed E-state index contributed by atoms with van der Waals surface area (Å²) in [6.45, 7) is 3.67. The minimum atomic E-state index is -0.804. The first-order valence-electron chi connectivity index (χ1n) is 8.80. The van der Waals surface area contributed by atoms with Crippen LogP contribution in [0.5, 0.6) is 0 Å². The zero-order chi connectivity index (χ0) is 19.1. The molecule has 138 valence electrons. The number of aromatic amines is 1. The molecule has 0 fully saturated rings. The molecule has 1 aromatic carbocycles. The number of nitrogens with zero attached hydrogens (tertiary/aromatic N) is 2. The topological polar surface area (TPSA) is 99.4 Å². The molecule has 4 rings (SSSR count). The van der Waals surface area contributed by atoms with Crippen LogP contribution in [0.2, 0.25) is 0 Å². The van der Waals surface area contributed by atoms with Gasteiger partial charge in [0.05, 0.1) is 22.9 Å². The van der Waals surface area contributed by atoms with Crippen molar-refractivity contribution in [2.75, 3.05) is 4.90 Å². The van der Waals surface area contributed by atoms with E-state index in [-0.39, 0.29) is 17.8 Å². The molecule has 27 heavy (non-hydrogen) atoms. The maximum atomic E-state index is 12.9. The Bertz CT molecular complexity index is 1080. The van der Waals surface area contributed by atoms with Crippen molar-refractivity contribution in [1.82, 2.24) is 9.97 Å². The second-order valence-corrected chi connectivity index (χ2v) is 6.57. The van der Waals surface area contributed by atoms with Crippen LogP contribution >= 0.6 is 0 Å². The molecule has 7 nitrogen and oxygen atoms in total. The van der Waals surface area contributed by atoms with E-state index in [0.29, 0.717) is 29.1 Å². The third-order valence-corrected chi connectivity index (χ3v) is 4.70. The number of H-pyrrole nitrogens is 1. The van der Waals surface area contributed by atoms with Crippen molar-refractivity contribution in [3.63, 3.8) is 0 Å². The predicted octanol–water partition coefficient (Wildman–Crippen LogP) is 3.73. The minimum absolute atomic E-state index is 0.0818. The van der Waals surface area contributed by atoms with Crippen molar-refractivity contribution in [3.05, 3.63) is 59.5 Å². The van der Waals surface area contributed by atoms with E-state index in [9.17, 15) is 14.7 Å². The van der Waals surface area contributed by atoms with E-state index in [4.69, 9.17) is 4.42 Å². The molecule has 0 saturated heterocycles. The summed E-state index contributed by atoms with van der Waals surface area (Å²) in [6, 6.07) is 7.99. The Morgan fingerprint density at radius 1 is 1.33 bits per heavy atom. The molecule has 1 atom stereocenters. The third kappa shape index (κ3) is 2.71. The highest BCUT2D eigenvalue weighted by atomic mass is 16.3. The van der Waals surface area contributed by atoms with Crippen molar-refractivity contribution >= 4 is 28.4 Å². The van der Waals surface area contributed by atoms with Crippen LogP contribution in [0.4, 0.5) is 5.69 Å². The average molecular weight is 365 g/mol. The summed E-state index contributed by atoms with van der Waals surface area (Å²) in [5.74, 6) is -0.302. The van der Waals surface area contributed by atoms with Gasteiger partial charge in [0.15, 0.2) is 11.5 Å². The molecule has 0 saturated carbocycles. The molecule has 7 heteroatoms. The van der Waals surface area contributed by atoms with Crippen molar-refractivity contribution in [2.45, 2.75) is 32.7 Å². The van der Waals surface area contributed by atoms with E-state index in [0.717, 1.165) is 5.52 Å². The Kier molecular flexibility index (Phi) is 4.07. The molecule has 2 aromatic heterocycles. The number of Topliss-reactive ketones (excluding diaryl/α,β-unsaturated/α-hetero) is 1. The normalized spacial score (nSPS) is 17.3. The first kappa shape index (κ1) is 17.1. The highest BCUT2D eigenvalue weighted by molar-refractivity contribution is 6.16. The van der Waals surface area contributed by atoms with Gasteiger partial charge in [-0.2, -0.15) is 0 Å². The number of fused-ring (bicyclic) bond motifs is 1. The van der Waals surface area contributed by atoms with Crippen LogP contribution in [-0.2, 0) is 9.59 Å². The molecule has 0 bridgehead atoms. The van der Waals surface area contributed by atoms with Gasteiger partial charge in [-0.15, -0.1) is 0 Å². The molecule has 1 aliphatic heterocycles. The molecule has 0 spiro atoms. The highest BCUT2D eigenvalue weighted by Gasteiger charge is 2.45. The van der Waals surface area contributed by atoms with Gasteiger partial charge in [0.1, 0.15) is 17.6 Å². The molecule has 3 heterocycles. The van der Waals surface area contributed by atoms with Gasteiger partial charge in [-0.05, 0) is 43.7 Å². The van der Waals surface area contributed by atoms with E-state index >= 15 is 0 Å². The summed E-state index contributed by atoms with van der Waals surface area (Å²) in [6.07, 6.45) is 2.43. The number of hydrogen-bond donors (Lipinski definition) is 2. The van der Waals surface area contributed by atoms with Crippen molar-refractivity contribution in [1.29, 1.82) is 0 Å². The number of amides is 1. The van der Waals surface area contributed by atoms with Gasteiger partial charge in [-0.1, -0.05) is 6.92 Å². The van der Waals surface area contributed by atoms with Crippen LogP contribution in [0, 0.1) is 6.92 Å². The molecule has 2 N–H and O–H groups in total. The Hall–Kier alpha value is -3.35. The third-order valence-electron chi connectivity index (χ3n) is 4.70. The lowest BCUT2D eigenvalue weighted by Gasteiger charge is -2.25. The fourth-order valence-electron chi connectivity index (χ4n) is 3.46. The largest absolute Gasteiger partial charge is 0.503 e. The number of rotatable bonds is 5. The molecule has 3 aromatic rings. The van der Waals surface area contributed by atoms with E-state index in [2.05, 4.69) is 9.97 Å². The fraction of sp³-hybridized carbons (Fsp3) is 0.250. The first-order chi connectivity index (χ1) is 13.0. The highest BCUT2D eigenvalue weighted by Crippen LogP contribution is 2.42. The number of aliphatic hydroxyl groups is 1. The lowest BCUT2D eigenvalue weighted by molar-refractivity contribution is -0.118. The van der Waals surface area contributed by atoms with Gasteiger partial charge in [-0.25, -0.2) is 4.98 Å². The standard InChI is InChI=1S/C20H19N3O4/c1-3-4-15(24)17-18(16-8-5-11(2)27-16)23(20(26)19(17)25)12-6-7-13-14(9-12)22-10-21-13/h5-10,18,25H,3-4H2,1-2H3,(H,21,22). The number of aromatic nitrogens is 2. The number of ketones is 1. The average Bonchev–Trinajstić information content (AvgIpc) is 3.33. The number of anilines is 1. The number of nitrogens with one attached hydrogen (secondary N) is 1. The predicted molar refractivity (Wildman–Crippen MR) is 99.3 cm³/mol. The second-order valence-electron chi connectivity index (χ2n) is 6.57. The van der Waals surface area contributed by atoms with Gasteiger partial charge in [0.2, 0.25) is 0 Å². The van der Waals surface area contributed by atoms with Crippen molar-refractivity contribution < 1.29 is 19.1 Å². The zero-order valence-electron chi connectivity index (χ0n) is 15.0. The number of furan rings is 1. The molecule has 0 aliphatic carbocycles. The maximum absolute atomic E-state index is 12.9. The number of carbonyl (C=O) groups is 2. The monoisotopic (exact) mass is 365 g/mol. The first-order valence-corrected chi connectivity index (χ1v) is 8.80. The van der Waals surface area contributed by atoms with E-state index < -0.39 is 17.7 Å². The van der Waals surface area contributed by atoms with Gasteiger partial charge < -0.3 is 14.5 Å². The van der Waals surface area contributed by atoms with Gasteiger partial charge in [0, 0.05) is 12.1 Å². The maximum Gasteiger partial charge on any atom is 0.294 e. The quantitative estimate of drug-likeness (QED) is 0.718. The summed E-state index contributed by atoms with van der Waals surface area (Å²) < 4.78 is 5.73. The summed E-state index contributed by atoms with van der Waals surface area (Å²) in [7, 11) is 0. The summed E-state index contributed by atoms with van der Waals surface area (Å²) >= 11 is 0. The molecule has 1 unspecified atom stereocenters. The smallest absolute Gasteiger partial charge is 0.294 e. The van der Waals surface area contributed by atoms with E-state index in [1.807, 2.05) is 6.92 Å². The van der Waals surface area contributed by atoms with Gasteiger partial charge in [-0.3, -0.25) is 14.5 Å². The molecular weight excluding hydrogens is 346 g/mol. The number of aryl methyl sites for hydroxylation is 1. The van der Waals surface area contributed by atoms with Crippen LogP contribution < -0.4 is 4.90 Å². The van der Waals surface area contributed by atoms with E-state index in [1.165, 1.54) is 4.90 Å². The summed E-state index contributed by atoms with van der Waals surface area (Å²) in [4.78, 5) is 34.2. The van der Waals surface area contributed by atoms with Crippen molar-refractivity contribution in [3.8, 4) is 0 Å². The van der Waals surface area contributed by atoms with Crippen LogP contribution in [0.3, 0.4) is 0 Å². The number of aliphatic hydroxyl groups excluding tert-OH is 1. The fourth-order valence-corrected chi connectivity index (χ4v) is 3.46. The van der Waals surface area contributed by atoms with Crippen LogP contribution in [0.1, 0.15) is 37.3 Å². The zero-order valence-corrected chi connectivity index (χ0v) is 15.0. The Morgan fingerprint density at radius 3 is 2.85 bits per heavy atom. The summed E-state index contributed by atoms with van der Waals surface area (Å²) in [5, 5.41) is 10.5. The van der Waals surface area contributed by atoms with Gasteiger partial charge in [0.25, 0.3) is 5.91 Å². The Labute approximate surface area is 155 Å². The minimum Gasteiger partial charge on any atom is -0.503 e. The molecule has 0 radical (unpaired) electrons. The number of carbonyl (C=O) groups excluding carboxylic acids is 2.